The van der Waals surface area contributed by atoms with Gasteiger partial charge in [0.15, 0.2) is 0 Å². The van der Waals surface area contributed by atoms with Crippen LogP contribution in [0, 0.1) is 0 Å². The van der Waals surface area contributed by atoms with Crippen LogP contribution in [0.15, 0.2) is 42.6 Å². The fourth-order valence-corrected chi connectivity index (χ4v) is 2.58. The smallest absolute Gasteiger partial charge is 0.416 e. The van der Waals surface area contributed by atoms with E-state index in [4.69, 9.17) is 4.74 Å². The van der Waals surface area contributed by atoms with Gasteiger partial charge in [-0.1, -0.05) is 12.1 Å². The van der Waals surface area contributed by atoms with Gasteiger partial charge < -0.3 is 9.64 Å². The molecule has 2 heterocycles. The summed E-state index contributed by atoms with van der Waals surface area (Å²) in [6, 6.07) is 8.07. The van der Waals surface area contributed by atoms with E-state index in [-0.39, 0.29) is 18.4 Å². The molecule has 0 radical (unpaired) electrons. The third-order valence-corrected chi connectivity index (χ3v) is 3.73. The summed E-state index contributed by atoms with van der Waals surface area (Å²) in [5.74, 6) is 0.177. The van der Waals surface area contributed by atoms with E-state index in [1.54, 1.807) is 23.2 Å². The number of pyridine rings is 1. The Hall–Kier alpha value is -2.57. The number of carbonyl (C=O) groups excluding carboxylic acids is 1. The van der Waals surface area contributed by atoms with Gasteiger partial charge >= 0.3 is 6.18 Å². The predicted molar refractivity (Wildman–Crippen MR) is 81.8 cm³/mol. The number of amides is 1. The summed E-state index contributed by atoms with van der Waals surface area (Å²) in [4.78, 5) is 18.2. The molecule has 3 rings (SSSR count). The minimum Gasteiger partial charge on any atom is -0.471 e. The molecule has 1 amide bonds. The maximum absolute atomic E-state index is 12.6. The zero-order chi connectivity index (χ0) is 17.3. The maximum Gasteiger partial charge on any atom is 0.416 e. The van der Waals surface area contributed by atoms with Crippen LogP contribution < -0.4 is 9.64 Å². The second kappa shape index (κ2) is 6.14. The van der Waals surface area contributed by atoms with Gasteiger partial charge in [-0.05, 0) is 36.8 Å². The second-order valence-corrected chi connectivity index (χ2v) is 5.63. The van der Waals surface area contributed by atoms with Gasteiger partial charge in [0.1, 0.15) is 11.8 Å². The van der Waals surface area contributed by atoms with E-state index in [1.165, 1.54) is 12.1 Å². The standard InChI is InChI=1S/C17H15F3N2O2/c1-11-10-22(14-3-2-8-21-16(14)24-11)15(23)9-12-4-6-13(7-5-12)17(18,19)20/h2-8,11H,9-10H2,1H3. The first-order chi connectivity index (χ1) is 11.3. The van der Waals surface area contributed by atoms with Crippen molar-refractivity contribution in [2.45, 2.75) is 25.6 Å². The van der Waals surface area contributed by atoms with Gasteiger partial charge in [0, 0.05) is 6.20 Å². The fourth-order valence-electron chi connectivity index (χ4n) is 2.58. The average molecular weight is 336 g/mol. The summed E-state index contributed by atoms with van der Waals surface area (Å²) in [5, 5.41) is 0. The Morgan fingerprint density at radius 1 is 1.29 bits per heavy atom. The Morgan fingerprint density at radius 2 is 2.00 bits per heavy atom. The normalized spacial score (nSPS) is 17.2. The molecule has 0 aliphatic carbocycles. The van der Waals surface area contributed by atoms with E-state index in [9.17, 15) is 18.0 Å². The number of nitrogens with zero attached hydrogens (tertiary/aromatic N) is 2. The Labute approximate surface area is 136 Å². The number of rotatable bonds is 2. The van der Waals surface area contributed by atoms with Crippen LogP contribution in [0.25, 0.3) is 0 Å². The Kier molecular flexibility index (Phi) is 4.17. The monoisotopic (exact) mass is 336 g/mol. The molecule has 1 aliphatic rings. The average Bonchev–Trinajstić information content (AvgIpc) is 2.53. The van der Waals surface area contributed by atoms with Gasteiger partial charge in [0.05, 0.1) is 18.5 Å². The number of benzene rings is 1. The number of ether oxygens (including phenoxy) is 1. The fraction of sp³-hybridized carbons (Fsp3) is 0.294. The Bertz CT molecular complexity index is 744. The first-order valence-electron chi connectivity index (χ1n) is 7.43. The molecule has 126 valence electrons. The Morgan fingerprint density at radius 3 is 2.67 bits per heavy atom. The third-order valence-electron chi connectivity index (χ3n) is 3.73. The van der Waals surface area contributed by atoms with E-state index in [2.05, 4.69) is 4.98 Å². The molecule has 1 atom stereocenters. The van der Waals surface area contributed by atoms with E-state index in [0.29, 0.717) is 23.7 Å². The van der Waals surface area contributed by atoms with Crippen molar-refractivity contribution >= 4 is 11.6 Å². The lowest BCUT2D eigenvalue weighted by Crippen LogP contribution is -2.43. The van der Waals surface area contributed by atoms with Crippen LogP contribution in [0.4, 0.5) is 18.9 Å². The molecule has 0 N–H and O–H groups in total. The lowest BCUT2D eigenvalue weighted by Gasteiger charge is -2.32. The summed E-state index contributed by atoms with van der Waals surface area (Å²) >= 11 is 0. The van der Waals surface area contributed by atoms with Crippen molar-refractivity contribution in [3.05, 3.63) is 53.7 Å². The number of carbonyl (C=O) groups is 1. The van der Waals surface area contributed by atoms with Crippen molar-refractivity contribution in [3.8, 4) is 5.88 Å². The van der Waals surface area contributed by atoms with Crippen molar-refractivity contribution in [2.75, 3.05) is 11.4 Å². The molecule has 0 saturated heterocycles. The largest absolute Gasteiger partial charge is 0.471 e. The van der Waals surface area contributed by atoms with Crippen LogP contribution in [0.3, 0.4) is 0 Å². The van der Waals surface area contributed by atoms with Crippen LogP contribution >= 0.6 is 0 Å². The van der Waals surface area contributed by atoms with Crippen LogP contribution in [-0.2, 0) is 17.4 Å². The van der Waals surface area contributed by atoms with Gasteiger partial charge in [0.2, 0.25) is 11.8 Å². The van der Waals surface area contributed by atoms with Gasteiger partial charge in [-0.3, -0.25) is 4.79 Å². The number of halogens is 3. The molecule has 24 heavy (non-hydrogen) atoms. The van der Waals surface area contributed by atoms with Crippen molar-refractivity contribution in [1.29, 1.82) is 0 Å². The molecule has 4 nitrogen and oxygen atoms in total. The summed E-state index contributed by atoms with van der Waals surface area (Å²) in [7, 11) is 0. The lowest BCUT2D eigenvalue weighted by molar-refractivity contribution is -0.137. The number of hydrogen-bond acceptors (Lipinski definition) is 3. The zero-order valence-electron chi connectivity index (χ0n) is 12.9. The third kappa shape index (κ3) is 3.34. The lowest BCUT2D eigenvalue weighted by atomic mass is 10.1. The highest BCUT2D eigenvalue weighted by atomic mass is 19.4. The molecule has 7 heteroatoms. The van der Waals surface area contributed by atoms with Crippen molar-refractivity contribution in [2.24, 2.45) is 0 Å². The van der Waals surface area contributed by atoms with Gasteiger partial charge in [-0.15, -0.1) is 0 Å². The van der Waals surface area contributed by atoms with Crippen molar-refractivity contribution in [1.82, 2.24) is 4.98 Å². The molecular formula is C17H15F3N2O2. The number of anilines is 1. The van der Waals surface area contributed by atoms with E-state index >= 15 is 0 Å². The van der Waals surface area contributed by atoms with E-state index in [0.717, 1.165) is 12.1 Å². The van der Waals surface area contributed by atoms with Crippen LogP contribution in [0.1, 0.15) is 18.1 Å². The van der Waals surface area contributed by atoms with Crippen LogP contribution in [0.2, 0.25) is 0 Å². The predicted octanol–water partition coefficient (Wildman–Crippen LogP) is 3.46. The van der Waals surface area contributed by atoms with Crippen LogP contribution in [0.5, 0.6) is 5.88 Å². The summed E-state index contributed by atoms with van der Waals surface area (Å²) < 4.78 is 43.3. The van der Waals surface area contributed by atoms with E-state index < -0.39 is 11.7 Å². The zero-order valence-corrected chi connectivity index (χ0v) is 12.9. The van der Waals surface area contributed by atoms with Gasteiger partial charge in [0.25, 0.3) is 0 Å². The topological polar surface area (TPSA) is 42.4 Å². The highest BCUT2D eigenvalue weighted by molar-refractivity contribution is 5.96. The Balaban J connectivity index is 1.78. The molecule has 1 unspecified atom stereocenters. The van der Waals surface area contributed by atoms with Crippen molar-refractivity contribution in [3.63, 3.8) is 0 Å². The number of fused-ring (bicyclic) bond motifs is 1. The molecule has 0 fully saturated rings. The maximum atomic E-state index is 12.6. The second-order valence-electron chi connectivity index (χ2n) is 5.63. The molecule has 1 aliphatic heterocycles. The van der Waals surface area contributed by atoms with Gasteiger partial charge in [-0.2, -0.15) is 13.2 Å². The minimum absolute atomic E-state index is 0.0131. The quantitative estimate of drug-likeness (QED) is 0.843. The summed E-state index contributed by atoms with van der Waals surface area (Å²) in [5.41, 5.74) is 0.373. The first kappa shape index (κ1) is 16.3. The molecule has 0 bridgehead atoms. The van der Waals surface area contributed by atoms with Gasteiger partial charge in [-0.25, -0.2) is 4.98 Å². The molecule has 0 spiro atoms. The molecular weight excluding hydrogens is 321 g/mol. The molecule has 1 aromatic carbocycles. The van der Waals surface area contributed by atoms with E-state index in [1.807, 2.05) is 6.92 Å². The minimum atomic E-state index is -4.38. The number of hydrogen-bond donors (Lipinski definition) is 0. The SMILES string of the molecule is CC1CN(C(=O)Cc2ccc(C(F)(F)F)cc2)c2cccnc2O1. The highest BCUT2D eigenvalue weighted by Crippen LogP contribution is 2.32. The first-order valence-corrected chi connectivity index (χ1v) is 7.43. The number of alkyl halides is 3. The van der Waals surface area contributed by atoms with Crippen molar-refractivity contribution < 1.29 is 22.7 Å². The molecule has 1 aromatic heterocycles. The molecule has 2 aromatic rings. The number of aromatic nitrogens is 1. The summed E-state index contributed by atoms with van der Waals surface area (Å²) in [6.07, 6.45) is -2.99. The summed E-state index contributed by atoms with van der Waals surface area (Å²) in [6.45, 7) is 2.20. The highest BCUT2D eigenvalue weighted by Gasteiger charge is 2.31. The molecule has 0 saturated carbocycles. The van der Waals surface area contributed by atoms with Crippen LogP contribution in [-0.4, -0.2) is 23.5 Å².